The highest BCUT2D eigenvalue weighted by molar-refractivity contribution is 5.80. The molecule has 1 N–H and O–H groups in total. The fraction of sp³-hybridized carbons (Fsp3) is 0.625. The fourth-order valence-corrected chi connectivity index (χ4v) is 1.35. The Bertz CT molecular complexity index is 266. The highest BCUT2D eigenvalue weighted by atomic mass is 19.4. The third kappa shape index (κ3) is 2.38. The maximum Gasteiger partial charge on any atom is 0.392 e. The monoisotopic (exact) mass is 191 g/mol. The molecular formula is C8H8F3NO. The molecule has 0 spiro atoms. The van der Waals surface area contributed by atoms with Crippen molar-refractivity contribution in [3.05, 3.63) is 0 Å². The second-order valence-corrected chi connectivity index (χ2v) is 3.07. The Morgan fingerprint density at radius 2 is 2.23 bits per heavy atom. The summed E-state index contributed by atoms with van der Waals surface area (Å²) < 4.78 is 36.1. The third-order valence-corrected chi connectivity index (χ3v) is 1.94. The van der Waals surface area contributed by atoms with Gasteiger partial charge in [0.25, 0.3) is 0 Å². The summed E-state index contributed by atoms with van der Waals surface area (Å²) in [6, 6.07) is 0. The predicted molar refractivity (Wildman–Crippen MR) is 39.6 cm³/mol. The highest BCUT2D eigenvalue weighted by Crippen LogP contribution is 2.32. The molecule has 1 rings (SSSR count). The van der Waals surface area contributed by atoms with Crippen LogP contribution < -0.4 is 5.32 Å². The number of nitrogens with one attached hydrogen (secondary N) is 1. The van der Waals surface area contributed by atoms with E-state index in [1.807, 2.05) is 5.92 Å². The van der Waals surface area contributed by atoms with Gasteiger partial charge in [0.2, 0.25) is 5.91 Å². The van der Waals surface area contributed by atoms with Gasteiger partial charge in [-0.1, -0.05) is 5.92 Å². The van der Waals surface area contributed by atoms with Crippen molar-refractivity contribution in [1.82, 2.24) is 5.32 Å². The van der Waals surface area contributed by atoms with Crippen molar-refractivity contribution in [2.75, 3.05) is 0 Å². The van der Waals surface area contributed by atoms with Crippen molar-refractivity contribution in [3.8, 4) is 12.3 Å². The maximum absolute atomic E-state index is 12.0. The van der Waals surface area contributed by atoms with E-state index in [-0.39, 0.29) is 12.8 Å². The van der Waals surface area contributed by atoms with E-state index in [9.17, 15) is 18.0 Å². The van der Waals surface area contributed by atoms with Crippen LogP contribution in [-0.4, -0.2) is 17.6 Å². The number of terminal acetylenes is 1. The molecule has 0 aromatic rings. The number of halogens is 3. The molecule has 1 amide bonds. The van der Waals surface area contributed by atoms with E-state index >= 15 is 0 Å². The molecule has 1 atom stereocenters. The summed E-state index contributed by atoms with van der Waals surface area (Å²) in [7, 11) is 0. The molecule has 13 heavy (non-hydrogen) atoms. The second kappa shape index (κ2) is 2.95. The zero-order valence-corrected chi connectivity index (χ0v) is 6.74. The zero-order chi connectivity index (χ0) is 10.1. The van der Waals surface area contributed by atoms with Gasteiger partial charge < -0.3 is 5.32 Å². The number of alkyl halides is 3. The lowest BCUT2D eigenvalue weighted by Crippen LogP contribution is -2.43. The van der Waals surface area contributed by atoms with Gasteiger partial charge in [-0.05, 0) is 6.42 Å². The number of carbonyl (C=O) groups is 1. The van der Waals surface area contributed by atoms with E-state index in [4.69, 9.17) is 6.42 Å². The Morgan fingerprint density at radius 3 is 2.54 bits per heavy atom. The predicted octanol–water partition coefficient (Wildman–Crippen LogP) is 1.22. The van der Waals surface area contributed by atoms with Gasteiger partial charge in [0.05, 0.1) is 6.42 Å². The highest BCUT2D eigenvalue weighted by Gasteiger charge is 2.45. The first-order chi connectivity index (χ1) is 5.87. The van der Waals surface area contributed by atoms with Gasteiger partial charge in [0.15, 0.2) is 0 Å². The lowest BCUT2D eigenvalue weighted by Gasteiger charge is -2.23. The second-order valence-electron chi connectivity index (χ2n) is 3.07. The number of hydrogen-bond acceptors (Lipinski definition) is 1. The van der Waals surface area contributed by atoms with E-state index in [1.165, 1.54) is 0 Å². The molecule has 72 valence electrons. The zero-order valence-electron chi connectivity index (χ0n) is 6.74. The van der Waals surface area contributed by atoms with Crippen LogP contribution in [0.4, 0.5) is 13.2 Å². The summed E-state index contributed by atoms with van der Waals surface area (Å²) in [4.78, 5) is 10.7. The summed E-state index contributed by atoms with van der Waals surface area (Å²) in [5.41, 5.74) is -1.50. The van der Waals surface area contributed by atoms with E-state index < -0.39 is 24.0 Å². The van der Waals surface area contributed by atoms with Gasteiger partial charge in [-0.25, -0.2) is 0 Å². The molecule has 0 aromatic carbocycles. The van der Waals surface area contributed by atoms with Crippen molar-refractivity contribution in [2.24, 2.45) is 0 Å². The summed E-state index contributed by atoms with van der Waals surface area (Å²) in [5, 5.41) is 2.18. The van der Waals surface area contributed by atoms with Gasteiger partial charge in [-0.15, -0.1) is 6.42 Å². The first-order valence-electron chi connectivity index (χ1n) is 3.72. The fourth-order valence-electron chi connectivity index (χ4n) is 1.35. The molecule has 0 aliphatic carbocycles. The Morgan fingerprint density at radius 1 is 1.62 bits per heavy atom. The third-order valence-electron chi connectivity index (χ3n) is 1.94. The molecule has 0 radical (unpaired) electrons. The van der Waals surface area contributed by atoms with Gasteiger partial charge in [0.1, 0.15) is 5.54 Å². The molecule has 2 nitrogen and oxygen atoms in total. The Hall–Kier alpha value is -1.18. The van der Waals surface area contributed by atoms with Crippen molar-refractivity contribution in [1.29, 1.82) is 0 Å². The van der Waals surface area contributed by atoms with Crippen LogP contribution in [0.15, 0.2) is 0 Å². The van der Waals surface area contributed by atoms with Crippen LogP contribution in [0.1, 0.15) is 19.3 Å². The van der Waals surface area contributed by atoms with Crippen LogP contribution in [0.2, 0.25) is 0 Å². The number of carbonyl (C=O) groups excluding carboxylic acids is 1. The topological polar surface area (TPSA) is 29.1 Å². The minimum absolute atomic E-state index is 0.0574. The molecule has 0 saturated carbocycles. The average molecular weight is 191 g/mol. The van der Waals surface area contributed by atoms with E-state index in [0.717, 1.165) is 0 Å². The molecule has 1 heterocycles. The molecule has 5 heteroatoms. The first-order valence-corrected chi connectivity index (χ1v) is 3.72. The Kier molecular flexibility index (Phi) is 2.24. The molecular weight excluding hydrogens is 183 g/mol. The molecule has 0 aromatic heterocycles. The summed E-state index contributed by atoms with van der Waals surface area (Å²) in [6.45, 7) is 0. The lowest BCUT2D eigenvalue weighted by atomic mass is 9.94. The van der Waals surface area contributed by atoms with Crippen LogP contribution in [0.3, 0.4) is 0 Å². The molecule has 1 unspecified atom stereocenters. The largest absolute Gasteiger partial charge is 0.392 e. The minimum Gasteiger partial charge on any atom is -0.339 e. The molecule has 1 saturated heterocycles. The SMILES string of the molecule is C#CC1(CC(F)(F)F)CCC(=O)N1. The van der Waals surface area contributed by atoms with Crippen molar-refractivity contribution >= 4 is 5.91 Å². The van der Waals surface area contributed by atoms with Crippen molar-refractivity contribution in [2.45, 2.75) is 31.0 Å². The number of amides is 1. The van der Waals surface area contributed by atoms with E-state index in [1.54, 1.807) is 0 Å². The number of rotatable bonds is 1. The van der Waals surface area contributed by atoms with E-state index in [0.29, 0.717) is 0 Å². The smallest absolute Gasteiger partial charge is 0.339 e. The van der Waals surface area contributed by atoms with Crippen molar-refractivity contribution in [3.63, 3.8) is 0 Å². The minimum atomic E-state index is -4.34. The van der Waals surface area contributed by atoms with Crippen LogP contribution in [0.5, 0.6) is 0 Å². The molecule has 1 aliphatic heterocycles. The molecule has 1 aliphatic rings. The maximum atomic E-state index is 12.0. The van der Waals surface area contributed by atoms with Crippen molar-refractivity contribution < 1.29 is 18.0 Å². The van der Waals surface area contributed by atoms with Gasteiger partial charge >= 0.3 is 6.18 Å². The average Bonchev–Trinajstić information content (AvgIpc) is 2.29. The van der Waals surface area contributed by atoms with E-state index in [2.05, 4.69) is 5.32 Å². The lowest BCUT2D eigenvalue weighted by molar-refractivity contribution is -0.145. The van der Waals surface area contributed by atoms with Gasteiger partial charge in [-0.3, -0.25) is 4.79 Å². The number of hydrogen-bond donors (Lipinski definition) is 1. The van der Waals surface area contributed by atoms with Gasteiger partial charge in [-0.2, -0.15) is 13.2 Å². The quantitative estimate of drug-likeness (QED) is 0.620. The van der Waals surface area contributed by atoms with Crippen LogP contribution in [0.25, 0.3) is 0 Å². The Labute approximate surface area is 73.5 Å². The molecule has 0 bridgehead atoms. The van der Waals surface area contributed by atoms with Crippen LogP contribution in [-0.2, 0) is 4.79 Å². The normalized spacial score (nSPS) is 28.3. The van der Waals surface area contributed by atoms with Crippen LogP contribution >= 0.6 is 0 Å². The van der Waals surface area contributed by atoms with Gasteiger partial charge in [0, 0.05) is 6.42 Å². The summed E-state index contributed by atoms with van der Waals surface area (Å²) >= 11 is 0. The van der Waals surface area contributed by atoms with Crippen LogP contribution in [0, 0.1) is 12.3 Å². The standard InChI is InChI=1S/C8H8F3NO/c1-2-7(5-8(9,10)11)4-3-6(13)12-7/h1H,3-5H2,(H,12,13). The Balaban J connectivity index is 2.74. The first kappa shape index (κ1) is 9.90. The molecule has 1 fully saturated rings. The summed E-state index contributed by atoms with van der Waals surface area (Å²) in [5.74, 6) is 1.60. The summed E-state index contributed by atoms with van der Waals surface area (Å²) in [6.07, 6.45) is -0.393.